The van der Waals surface area contributed by atoms with Crippen molar-refractivity contribution in [3.8, 4) is 5.88 Å². The average molecular weight is 277 g/mol. The molecule has 112 valence electrons. The second-order valence-electron chi connectivity index (χ2n) is 6.18. The van der Waals surface area contributed by atoms with Gasteiger partial charge in [-0.1, -0.05) is 27.2 Å². The quantitative estimate of drug-likeness (QED) is 0.906. The van der Waals surface area contributed by atoms with Crippen molar-refractivity contribution in [3.63, 3.8) is 0 Å². The van der Waals surface area contributed by atoms with Crippen LogP contribution in [0.1, 0.15) is 63.8 Å². The van der Waals surface area contributed by atoms with Gasteiger partial charge >= 0.3 is 0 Å². The lowest BCUT2D eigenvalue weighted by atomic mass is 9.88. The van der Waals surface area contributed by atoms with E-state index >= 15 is 0 Å². The SMILES string of the molecule is CNc1nc(C(C)C)nc(OC2CCCCC2C)c1C. The second-order valence-corrected chi connectivity index (χ2v) is 6.18. The summed E-state index contributed by atoms with van der Waals surface area (Å²) in [5, 5.41) is 3.15. The summed E-state index contributed by atoms with van der Waals surface area (Å²) in [6.45, 7) is 8.52. The van der Waals surface area contributed by atoms with E-state index in [0.717, 1.165) is 29.5 Å². The summed E-state index contributed by atoms with van der Waals surface area (Å²) >= 11 is 0. The van der Waals surface area contributed by atoms with Crippen LogP contribution in [0.15, 0.2) is 0 Å². The first-order valence-electron chi connectivity index (χ1n) is 7.75. The Morgan fingerprint density at radius 1 is 1.20 bits per heavy atom. The zero-order valence-corrected chi connectivity index (χ0v) is 13.4. The zero-order valence-electron chi connectivity index (χ0n) is 13.4. The molecule has 0 radical (unpaired) electrons. The Morgan fingerprint density at radius 3 is 2.50 bits per heavy atom. The molecule has 0 bridgehead atoms. The van der Waals surface area contributed by atoms with Crippen LogP contribution in [0.2, 0.25) is 0 Å². The molecule has 1 saturated carbocycles. The highest BCUT2D eigenvalue weighted by Crippen LogP contribution is 2.31. The maximum atomic E-state index is 6.24. The number of hydrogen-bond acceptors (Lipinski definition) is 4. The molecule has 20 heavy (non-hydrogen) atoms. The summed E-state index contributed by atoms with van der Waals surface area (Å²) in [5.74, 6) is 3.39. The molecule has 1 N–H and O–H groups in total. The Morgan fingerprint density at radius 2 is 1.90 bits per heavy atom. The van der Waals surface area contributed by atoms with Gasteiger partial charge in [0.25, 0.3) is 0 Å². The maximum absolute atomic E-state index is 6.24. The van der Waals surface area contributed by atoms with Gasteiger partial charge in [0.2, 0.25) is 5.88 Å². The molecule has 0 aromatic carbocycles. The van der Waals surface area contributed by atoms with Crippen molar-refractivity contribution in [2.24, 2.45) is 5.92 Å². The van der Waals surface area contributed by atoms with E-state index < -0.39 is 0 Å². The summed E-state index contributed by atoms with van der Waals surface area (Å²) in [4.78, 5) is 9.20. The van der Waals surface area contributed by atoms with Gasteiger partial charge in [-0.25, -0.2) is 4.98 Å². The fourth-order valence-corrected chi connectivity index (χ4v) is 2.73. The number of anilines is 1. The van der Waals surface area contributed by atoms with Crippen LogP contribution in [-0.4, -0.2) is 23.1 Å². The molecule has 1 aliphatic carbocycles. The highest BCUT2D eigenvalue weighted by atomic mass is 16.5. The molecule has 0 spiro atoms. The van der Waals surface area contributed by atoms with E-state index in [4.69, 9.17) is 4.74 Å². The first-order chi connectivity index (χ1) is 9.52. The minimum Gasteiger partial charge on any atom is -0.474 e. The van der Waals surface area contributed by atoms with Crippen LogP contribution in [0.25, 0.3) is 0 Å². The minimum atomic E-state index is 0.294. The van der Waals surface area contributed by atoms with Gasteiger partial charge in [0, 0.05) is 13.0 Å². The Labute approximate surface area is 122 Å². The molecule has 2 rings (SSSR count). The van der Waals surface area contributed by atoms with Crippen molar-refractivity contribution in [2.75, 3.05) is 12.4 Å². The van der Waals surface area contributed by atoms with Gasteiger partial charge in [0.05, 0.1) is 5.56 Å². The Bertz CT molecular complexity index is 459. The molecule has 4 nitrogen and oxygen atoms in total. The van der Waals surface area contributed by atoms with Crippen molar-refractivity contribution in [1.82, 2.24) is 9.97 Å². The smallest absolute Gasteiger partial charge is 0.222 e. The summed E-state index contributed by atoms with van der Waals surface area (Å²) < 4.78 is 6.24. The number of ether oxygens (including phenoxy) is 1. The fraction of sp³-hybridized carbons (Fsp3) is 0.750. The summed E-state index contributed by atoms with van der Waals surface area (Å²) in [6, 6.07) is 0. The van der Waals surface area contributed by atoms with E-state index in [1.807, 2.05) is 14.0 Å². The van der Waals surface area contributed by atoms with Gasteiger partial charge in [-0.05, 0) is 32.1 Å². The lowest BCUT2D eigenvalue weighted by molar-refractivity contribution is 0.0963. The predicted molar refractivity (Wildman–Crippen MR) is 82.5 cm³/mol. The monoisotopic (exact) mass is 277 g/mol. The van der Waals surface area contributed by atoms with Gasteiger partial charge in [-0.3, -0.25) is 0 Å². The molecule has 0 aliphatic heterocycles. The molecule has 1 aromatic rings. The largest absolute Gasteiger partial charge is 0.474 e. The van der Waals surface area contributed by atoms with E-state index in [1.165, 1.54) is 19.3 Å². The van der Waals surface area contributed by atoms with Crippen molar-refractivity contribution in [3.05, 3.63) is 11.4 Å². The van der Waals surface area contributed by atoms with E-state index in [-0.39, 0.29) is 0 Å². The summed E-state index contributed by atoms with van der Waals surface area (Å²) in [5.41, 5.74) is 1.01. The normalized spacial score (nSPS) is 22.9. The number of rotatable bonds is 4. The van der Waals surface area contributed by atoms with Crippen LogP contribution in [0.4, 0.5) is 5.82 Å². The molecule has 1 aliphatic rings. The maximum Gasteiger partial charge on any atom is 0.222 e. The van der Waals surface area contributed by atoms with Crippen molar-refractivity contribution >= 4 is 5.82 Å². The van der Waals surface area contributed by atoms with E-state index in [9.17, 15) is 0 Å². The highest BCUT2D eigenvalue weighted by Gasteiger charge is 2.25. The fourth-order valence-electron chi connectivity index (χ4n) is 2.73. The number of nitrogens with one attached hydrogen (secondary N) is 1. The van der Waals surface area contributed by atoms with E-state index in [1.54, 1.807) is 0 Å². The topological polar surface area (TPSA) is 47.0 Å². The Hall–Kier alpha value is -1.32. The molecule has 0 saturated heterocycles. The van der Waals surface area contributed by atoms with Gasteiger partial charge < -0.3 is 10.1 Å². The Kier molecular flexibility index (Phi) is 4.84. The second kappa shape index (κ2) is 6.42. The van der Waals surface area contributed by atoms with Crippen LogP contribution in [0.3, 0.4) is 0 Å². The van der Waals surface area contributed by atoms with E-state index in [0.29, 0.717) is 17.9 Å². The summed E-state index contributed by atoms with van der Waals surface area (Å²) in [6.07, 6.45) is 5.26. The molecule has 0 amide bonds. The van der Waals surface area contributed by atoms with Crippen LogP contribution in [0, 0.1) is 12.8 Å². The third-order valence-electron chi connectivity index (χ3n) is 4.17. The standard InChI is InChI=1S/C16H27N3O/c1-10(2)14-18-15(17-5)12(4)16(19-14)20-13-9-7-6-8-11(13)3/h10-11,13H,6-9H2,1-5H3,(H,17,18,19). The van der Waals surface area contributed by atoms with Crippen LogP contribution < -0.4 is 10.1 Å². The number of nitrogens with zero attached hydrogens (tertiary/aromatic N) is 2. The first kappa shape index (κ1) is 15.1. The lowest BCUT2D eigenvalue weighted by Gasteiger charge is -2.29. The van der Waals surface area contributed by atoms with Crippen LogP contribution >= 0.6 is 0 Å². The minimum absolute atomic E-state index is 0.294. The Balaban J connectivity index is 2.27. The van der Waals surface area contributed by atoms with Crippen LogP contribution in [-0.2, 0) is 0 Å². The predicted octanol–water partition coefficient (Wildman–Crippen LogP) is 3.91. The molecule has 2 atom stereocenters. The van der Waals surface area contributed by atoms with E-state index in [2.05, 4.69) is 36.1 Å². The van der Waals surface area contributed by atoms with Gasteiger partial charge in [0.1, 0.15) is 17.7 Å². The van der Waals surface area contributed by atoms with Gasteiger partial charge in [0.15, 0.2) is 0 Å². The lowest BCUT2D eigenvalue weighted by Crippen LogP contribution is -2.29. The van der Waals surface area contributed by atoms with Crippen molar-refractivity contribution in [1.29, 1.82) is 0 Å². The molecular weight excluding hydrogens is 250 g/mol. The first-order valence-corrected chi connectivity index (χ1v) is 7.75. The van der Waals surface area contributed by atoms with Gasteiger partial charge in [-0.2, -0.15) is 4.98 Å². The van der Waals surface area contributed by atoms with Crippen molar-refractivity contribution in [2.45, 2.75) is 65.4 Å². The molecule has 2 unspecified atom stereocenters. The summed E-state index contributed by atoms with van der Waals surface area (Å²) in [7, 11) is 1.90. The average Bonchev–Trinajstić information content (AvgIpc) is 2.43. The molecular formula is C16H27N3O. The van der Waals surface area contributed by atoms with Gasteiger partial charge in [-0.15, -0.1) is 0 Å². The zero-order chi connectivity index (χ0) is 14.7. The van der Waals surface area contributed by atoms with Crippen molar-refractivity contribution < 1.29 is 4.74 Å². The number of hydrogen-bond donors (Lipinski definition) is 1. The third kappa shape index (κ3) is 3.22. The highest BCUT2D eigenvalue weighted by molar-refractivity contribution is 5.48. The third-order valence-corrected chi connectivity index (χ3v) is 4.17. The van der Waals surface area contributed by atoms with Crippen LogP contribution in [0.5, 0.6) is 5.88 Å². The molecule has 1 aromatic heterocycles. The number of aromatic nitrogens is 2. The molecule has 4 heteroatoms. The molecule has 1 heterocycles. The molecule has 1 fully saturated rings.